The maximum Gasteiger partial charge on any atom is 0.410 e. The minimum atomic E-state index is -0.490. The topological polar surface area (TPSA) is 67.3 Å². The number of nitrogens with zero attached hydrogens (tertiary/aromatic N) is 3. The number of hydrogen-bond acceptors (Lipinski definition) is 5. The van der Waals surface area contributed by atoms with Crippen LogP contribution in [0.1, 0.15) is 38.7 Å². The van der Waals surface area contributed by atoms with Crippen molar-refractivity contribution in [2.75, 3.05) is 18.4 Å². The number of hydrogen-bond donors (Lipinski definition) is 1. The van der Waals surface area contributed by atoms with E-state index in [1.54, 1.807) is 17.2 Å². The van der Waals surface area contributed by atoms with Gasteiger partial charge < -0.3 is 15.0 Å². The molecule has 1 aliphatic heterocycles. The number of aromatic nitrogens is 2. The zero-order chi connectivity index (χ0) is 19.6. The van der Waals surface area contributed by atoms with E-state index in [0.717, 1.165) is 12.0 Å². The van der Waals surface area contributed by atoms with Crippen molar-refractivity contribution in [3.63, 3.8) is 0 Å². The molecule has 0 spiro atoms. The fourth-order valence-corrected chi connectivity index (χ4v) is 3.16. The second kappa shape index (κ2) is 7.90. The third kappa shape index (κ3) is 5.23. The molecule has 0 bridgehead atoms. The van der Waals surface area contributed by atoms with Crippen molar-refractivity contribution < 1.29 is 9.53 Å². The molecule has 0 aromatic carbocycles. The van der Waals surface area contributed by atoms with Crippen molar-refractivity contribution in [1.29, 1.82) is 0 Å². The Kier molecular flexibility index (Phi) is 5.77. The number of carbonyl (C=O) groups is 1. The lowest BCUT2D eigenvalue weighted by Crippen LogP contribution is -2.35. The summed E-state index contributed by atoms with van der Waals surface area (Å²) < 4.78 is 5.46. The van der Waals surface area contributed by atoms with Gasteiger partial charge in [0.05, 0.1) is 10.0 Å². The zero-order valence-corrected chi connectivity index (χ0v) is 17.0. The molecule has 1 unspecified atom stereocenters. The lowest BCUT2D eigenvalue weighted by atomic mass is 9.99. The number of anilines is 2. The van der Waals surface area contributed by atoms with Gasteiger partial charge in [-0.05, 0) is 44.9 Å². The molecule has 6 nitrogen and oxygen atoms in total. The molecule has 144 valence electrons. The Labute approximate surface area is 168 Å². The molecular formula is C19H22Cl2N4O2. The van der Waals surface area contributed by atoms with Gasteiger partial charge in [0.15, 0.2) is 0 Å². The molecule has 0 radical (unpaired) electrons. The van der Waals surface area contributed by atoms with Gasteiger partial charge in [-0.15, -0.1) is 0 Å². The highest BCUT2D eigenvalue weighted by molar-refractivity contribution is 6.42. The third-order valence-electron chi connectivity index (χ3n) is 4.16. The maximum atomic E-state index is 12.3. The van der Waals surface area contributed by atoms with Crippen LogP contribution >= 0.6 is 23.2 Å². The highest BCUT2D eigenvalue weighted by atomic mass is 35.5. The second-order valence-corrected chi connectivity index (χ2v) is 8.31. The Bertz CT molecular complexity index is 839. The van der Waals surface area contributed by atoms with Crippen LogP contribution in [0.25, 0.3) is 0 Å². The first kappa shape index (κ1) is 19.7. The van der Waals surface area contributed by atoms with Crippen molar-refractivity contribution in [2.24, 2.45) is 0 Å². The first-order valence-corrected chi connectivity index (χ1v) is 9.49. The van der Waals surface area contributed by atoms with Crippen LogP contribution in [0.15, 0.2) is 30.6 Å². The van der Waals surface area contributed by atoms with Gasteiger partial charge in [-0.25, -0.2) is 14.8 Å². The van der Waals surface area contributed by atoms with E-state index in [-0.39, 0.29) is 12.0 Å². The fourth-order valence-electron chi connectivity index (χ4n) is 2.91. The van der Waals surface area contributed by atoms with Gasteiger partial charge in [0.25, 0.3) is 0 Å². The number of amides is 1. The smallest absolute Gasteiger partial charge is 0.410 e. The summed E-state index contributed by atoms with van der Waals surface area (Å²) in [4.78, 5) is 22.5. The summed E-state index contributed by atoms with van der Waals surface area (Å²) >= 11 is 11.9. The molecule has 1 aliphatic rings. The molecule has 3 heterocycles. The number of likely N-dealkylation sites (tertiary alicyclic amines) is 1. The number of ether oxygens (including phenoxy) is 1. The van der Waals surface area contributed by atoms with Crippen LogP contribution < -0.4 is 5.32 Å². The molecule has 8 heteroatoms. The SMILES string of the molecule is CC(C)(C)OC(=O)N1CCC(c2ccnc(Nc3cc(Cl)c(Cl)cn3)c2)C1. The van der Waals surface area contributed by atoms with Crippen LogP contribution in [0.2, 0.25) is 10.0 Å². The van der Waals surface area contributed by atoms with Crippen LogP contribution in [0.3, 0.4) is 0 Å². The summed E-state index contributed by atoms with van der Waals surface area (Å²) in [5, 5.41) is 3.96. The van der Waals surface area contributed by atoms with E-state index in [4.69, 9.17) is 27.9 Å². The summed E-state index contributed by atoms with van der Waals surface area (Å²) in [6.45, 7) is 6.92. The minimum Gasteiger partial charge on any atom is -0.444 e. The van der Waals surface area contributed by atoms with Crippen molar-refractivity contribution in [2.45, 2.75) is 38.7 Å². The van der Waals surface area contributed by atoms with Gasteiger partial charge in [-0.2, -0.15) is 0 Å². The van der Waals surface area contributed by atoms with Crippen LogP contribution in [-0.4, -0.2) is 39.7 Å². The number of halogens is 2. The molecule has 1 N–H and O–H groups in total. The Balaban J connectivity index is 1.67. The third-order valence-corrected chi connectivity index (χ3v) is 4.87. The van der Waals surface area contributed by atoms with E-state index in [2.05, 4.69) is 15.3 Å². The molecule has 1 fully saturated rings. The summed E-state index contributed by atoms with van der Waals surface area (Å²) in [5.41, 5.74) is 0.620. The largest absolute Gasteiger partial charge is 0.444 e. The molecule has 0 saturated carbocycles. The van der Waals surface area contributed by atoms with Gasteiger partial charge in [0, 0.05) is 37.5 Å². The molecule has 2 aromatic heterocycles. The number of pyridine rings is 2. The summed E-state index contributed by atoms with van der Waals surface area (Å²) in [5.74, 6) is 1.47. The summed E-state index contributed by atoms with van der Waals surface area (Å²) in [6, 6.07) is 5.59. The lowest BCUT2D eigenvalue weighted by molar-refractivity contribution is 0.0292. The molecule has 3 rings (SSSR count). The molecular weight excluding hydrogens is 387 g/mol. The molecule has 0 aliphatic carbocycles. The predicted molar refractivity (Wildman–Crippen MR) is 107 cm³/mol. The summed E-state index contributed by atoms with van der Waals surface area (Å²) in [6.07, 6.45) is 3.85. The van der Waals surface area contributed by atoms with Crippen molar-refractivity contribution in [1.82, 2.24) is 14.9 Å². The van der Waals surface area contributed by atoms with Crippen LogP contribution in [0.4, 0.5) is 16.4 Å². The van der Waals surface area contributed by atoms with E-state index < -0.39 is 5.60 Å². The van der Waals surface area contributed by atoms with Gasteiger partial charge in [0.2, 0.25) is 0 Å². The number of rotatable bonds is 3. The molecule has 1 atom stereocenters. The fraction of sp³-hybridized carbons (Fsp3) is 0.421. The highest BCUT2D eigenvalue weighted by Crippen LogP contribution is 2.30. The molecule has 2 aromatic rings. The van der Waals surface area contributed by atoms with Crippen LogP contribution in [0, 0.1) is 0 Å². The Morgan fingerprint density at radius 3 is 2.67 bits per heavy atom. The van der Waals surface area contributed by atoms with Crippen molar-refractivity contribution in [3.05, 3.63) is 46.2 Å². The first-order valence-electron chi connectivity index (χ1n) is 8.73. The monoisotopic (exact) mass is 408 g/mol. The molecule has 1 amide bonds. The zero-order valence-electron chi connectivity index (χ0n) is 15.5. The Hall–Kier alpha value is -2.05. The number of carbonyl (C=O) groups excluding carboxylic acids is 1. The van der Waals surface area contributed by atoms with Crippen molar-refractivity contribution in [3.8, 4) is 0 Å². The van der Waals surface area contributed by atoms with Gasteiger partial charge >= 0.3 is 6.09 Å². The summed E-state index contributed by atoms with van der Waals surface area (Å²) in [7, 11) is 0. The van der Waals surface area contributed by atoms with E-state index in [1.165, 1.54) is 6.20 Å². The average molecular weight is 409 g/mol. The van der Waals surface area contributed by atoms with Crippen molar-refractivity contribution >= 4 is 40.9 Å². The van der Waals surface area contributed by atoms with Gasteiger partial charge in [0.1, 0.15) is 17.2 Å². The van der Waals surface area contributed by atoms with Gasteiger partial charge in [-0.1, -0.05) is 23.2 Å². The molecule has 1 saturated heterocycles. The standard InChI is InChI=1S/C19H22Cl2N4O2/c1-19(2,3)27-18(26)25-7-5-13(11-25)12-4-6-22-16(8-12)24-17-9-14(20)15(21)10-23-17/h4,6,8-10,13H,5,7,11H2,1-3H3,(H,22,23,24). The van der Waals surface area contributed by atoms with E-state index in [1.807, 2.05) is 32.9 Å². The maximum absolute atomic E-state index is 12.3. The normalized spacial score (nSPS) is 17.1. The number of nitrogens with one attached hydrogen (secondary N) is 1. The second-order valence-electron chi connectivity index (χ2n) is 7.50. The van der Waals surface area contributed by atoms with Crippen LogP contribution in [-0.2, 0) is 4.74 Å². The lowest BCUT2D eigenvalue weighted by Gasteiger charge is -2.24. The predicted octanol–water partition coefficient (Wildman–Crippen LogP) is 5.25. The van der Waals surface area contributed by atoms with Crippen LogP contribution in [0.5, 0.6) is 0 Å². The minimum absolute atomic E-state index is 0.239. The van der Waals surface area contributed by atoms with E-state index >= 15 is 0 Å². The highest BCUT2D eigenvalue weighted by Gasteiger charge is 2.30. The Morgan fingerprint density at radius 2 is 1.96 bits per heavy atom. The first-order chi connectivity index (χ1) is 12.7. The van der Waals surface area contributed by atoms with Gasteiger partial charge in [-0.3, -0.25) is 0 Å². The van der Waals surface area contributed by atoms with E-state index in [9.17, 15) is 4.79 Å². The van der Waals surface area contributed by atoms with E-state index in [0.29, 0.717) is 34.8 Å². The quantitative estimate of drug-likeness (QED) is 0.750. The average Bonchev–Trinajstić information content (AvgIpc) is 3.07. The molecule has 27 heavy (non-hydrogen) atoms. The Morgan fingerprint density at radius 1 is 1.22 bits per heavy atom.